The van der Waals surface area contributed by atoms with Crippen molar-refractivity contribution in [3.63, 3.8) is 0 Å². The second-order valence-electron chi connectivity index (χ2n) is 6.92. The Kier molecular flexibility index (Phi) is 7.52. The molecule has 11 nitrogen and oxygen atoms in total. The molecule has 172 valence electrons. The van der Waals surface area contributed by atoms with Crippen LogP contribution in [0.2, 0.25) is 10.0 Å². The fourth-order valence-electron chi connectivity index (χ4n) is 3.22. The highest BCUT2D eigenvalue weighted by Gasteiger charge is 2.27. The number of hydrazone groups is 1. The minimum atomic E-state index is -1.05. The molecule has 0 radical (unpaired) electrons. The third-order valence-electron chi connectivity index (χ3n) is 4.71. The van der Waals surface area contributed by atoms with Crippen molar-refractivity contribution in [2.24, 2.45) is 5.10 Å². The molecule has 1 aliphatic carbocycles. The Bertz CT molecular complexity index is 1210. The molecule has 1 aromatic carbocycles. The van der Waals surface area contributed by atoms with Gasteiger partial charge in [-0.05, 0) is 37.8 Å². The minimum Gasteiger partial charge on any atom is -0.450 e. The van der Waals surface area contributed by atoms with Crippen LogP contribution >= 0.6 is 23.2 Å². The number of aromatic nitrogens is 2. The van der Waals surface area contributed by atoms with Gasteiger partial charge in [0.1, 0.15) is 6.07 Å². The Morgan fingerprint density at radius 1 is 1.36 bits per heavy atom. The molecule has 1 unspecified atom stereocenters. The van der Waals surface area contributed by atoms with Crippen LogP contribution in [0.15, 0.2) is 22.0 Å². The molecule has 0 bridgehead atoms. The number of carbonyl (C=O) groups is 2. The van der Waals surface area contributed by atoms with Crippen LogP contribution < -0.4 is 21.0 Å². The monoisotopic (exact) mass is 492 g/mol. The summed E-state index contributed by atoms with van der Waals surface area (Å²) in [6.45, 7) is 3.57. The lowest BCUT2D eigenvalue weighted by molar-refractivity contribution is -0.114. The first-order chi connectivity index (χ1) is 15.7. The quantitative estimate of drug-likeness (QED) is 0.408. The van der Waals surface area contributed by atoms with Crippen molar-refractivity contribution in [1.82, 2.24) is 15.5 Å². The molecule has 2 aromatic rings. The van der Waals surface area contributed by atoms with E-state index < -0.39 is 17.7 Å². The predicted octanol–water partition coefficient (Wildman–Crippen LogP) is 3.48. The van der Waals surface area contributed by atoms with Gasteiger partial charge in [-0.25, -0.2) is 9.89 Å². The Morgan fingerprint density at radius 2 is 2.06 bits per heavy atom. The van der Waals surface area contributed by atoms with Gasteiger partial charge in [0.05, 0.1) is 22.3 Å². The average molecular weight is 493 g/mol. The average Bonchev–Trinajstić information content (AvgIpc) is 3.15. The van der Waals surface area contributed by atoms with Gasteiger partial charge < -0.3 is 9.47 Å². The third-order valence-corrected chi connectivity index (χ3v) is 5.27. The summed E-state index contributed by atoms with van der Waals surface area (Å²) in [6.07, 6.45) is 0.431. The maximum atomic E-state index is 12.1. The number of fused-ring (bicyclic) bond motifs is 1. The van der Waals surface area contributed by atoms with Crippen LogP contribution in [0.4, 0.5) is 10.5 Å². The lowest BCUT2D eigenvalue weighted by atomic mass is 10.1. The van der Waals surface area contributed by atoms with Crippen molar-refractivity contribution in [3.05, 3.63) is 43.7 Å². The van der Waals surface area contributed by atoms with E-state index in [1.165, 1.54) is 12.1 Å². The lowest BCUT2D eigenvalue weighted by Crippen LogP contribution is -2.36. The highest BCUT2D eigenvalue weighted by molar-refractivity contribution is 6.47. The number of nitriles is 1. The molecule has 1 aliphatic rings. The first-order valence-corrected chi connectivity index (χ1v) is 10.5. The lowest BCUT2D eigenvalue weighted by Gasteiger charge is -2.13. The van der Waals surface area contributed by atoms with E-state index in [-0.39, 0.29) is 45.4 Å². The van der Waals surface area contributed by atoms with Crippen molar-refractivity contribution in [2.45, 2.75) is 32.6 Å². The Labute approximate surface area is 197 Å². The van der Waals surface area contributed by atoms with Gasteiger partial charge in [-0.15, -0.1) is 5.10 Å². The molecule has 3 rings (SSSR count). The first kappa shape index (κ1) is 24.0. The second-order valence-corrected chi connectivity index (χ2v) is 7.73. The molecule has 0 aliphatic heterocycles. The normalized spacial score (nSPS) is 14.8. The third kappa shape index (κ3) is 5.42. The van der Waals surface area contributed by atoms with E-state index in [0.29, 0.717) is 17.5 Å². The highest BCUT2D eigenvalue weighted by atomic mass is 35.5. The number of hydrogen-bond acceptors (Lipinski definition) is 9. The largest absolute Gasteiger partial charge is 0.450 e. The molecule has 2 amide bonds. The SMILES string of the molecule is CCOC(=O)NC(=O)C(C#N)=NNc1cc(Cl)c(Oc2n[nH]c(=O)c3c2CCC3C)c(Cl)c1. The van der Waals surface area contributed by atoms with E-state index >= 15 is 0 Å². The number of imide groups is 1. The molecule has 33 heavy (non-hydrogen) atoms. The molecule has 13 heteroatoms. The number of hydrogen-bond donors (Lipinski definition) is 3. The first-order valence-electron chi connectivity index (χ1n) is 9.75. The number of amides is 2. The number of alkyl carbamates (subject to hydrolysis) is 1. The Hall–Kier alpha value is -3.62. The summed E-state index contributed by atoms with van der Waals surface area (Å²) in [5, 5.41) is 21.2. The predicted molar refractivity (Wildman–Crippen MR) is 120 cm³/mol. The van der Waals surface area contributed by atoms with Crippen LogP contribution in [0.5, 0.6) is 11.6 Å². The molecule has 0 saturated heterocycles. The smallest absolute Gasteiger partial charge is 0.414 e. The summed E-state index contributed by atoms with van der Waals surface area (Å²) < 4.78 is 10.4. The number of carbonyl (C=O) groups excluding carboxylic acids is 2. The maximum absolute atomic E-state index is 12.1. The van der Waals surface area contributed by atoms with Gasteiger partial charge in [0.2, 0.25) is 11.6 Å². The van der Waals surface area contributed by atoms with Crippen LogP contribution in [-0.4, -0.2) is 34.5 Å². The van der Waals surface area contributed by atoms with Crippen molar-refractivity contribution < 1.29 is 19.1 Å². The summed E-state index contributed by atoms with van der Waals surface area (Å²) in [5.41, 5.74) is 3.17. The number of aromatic amines is 1. The van der Waals surface area contributed by atoms with Crippen molar-refractivity contribution in [1.29, 1.82) is 5.26 Å². The summed E-state index contributed by atoms with van der Waals surface area (Å²) in [5.74, 6) is -0.652. The summed E-state index contributed by atoms with van der Waals surface area (Å²) in [6, 6.07) is 4.37. The van der Waals surface area contributed by atoms with Gasteiger partial charge in [-0.1, -0.05) is 30.1 Å². The van der Waals surface area contributed by atoms with E-state index in [9.17, 15) is 14.4 Å². The van der Waals surface area contributed by atoms with Crippen LogP contribution in [0.25, 0.3) is 0 Å². The van der Waals surface area contributed by atoms with Gasteiger partial charge in [-0.3, -0.25) is 20.3 Å². The number of halogens is 2. The van der Waals surface area contributed by atoms with E-state index in [1.807, 2.05) is 12.2 Å². The van der Waals surface area contributed by atoms with E-state index in [4.69, 9.17) is 33.2 Å². The molecular weight excluding hydrogens is 475 g/mol. The molecule has 3 N–H and O–H groups in total. The zero-order valence-corrected chi connectivity index (χ0v) is 19.0. The van der Waals surface area contributed by atoms with E-state index in [0.717, 1.165) is 6.42 Å². The van der Waals surface area contributed by atoms with Gasteiger partial charge in [0.25, 0.3) is 11.5 Å². The molecule has 0 saturated carbocycles. The minimum absolute atomic E-state index is 0.0538. The number of nitrogens with zero attached hydrogens (tertiary/aromatic N) is 3. The van der Waals surface area contributed by atoms with Gasteiger partial charge in [0, 0.05) is 11.1 Å². The number of rotatable bonds is 6. The standard InChI is InChI=1S/C20H18Cl2N6O5/c1-3-32-20(31)24-17(29)14(8-23)26-25-10-6-12(21)16(13(22)7-10)33-19-11-5-4-9(2)15(11)18(30)27-28-19/h6-7,9,25H,3-5H2,1-2H3,(H,27,30)(H,24,29,31). The summed E-state index contributed by atoms with van der Waals surface area (Å²) in [4.78, 5) is 35.3. The number of anilines is 1. The zero-order chi connectivity index (χ0) is 24.1. The van der Waals surface area contributed by atoms with E-state index in [2.05, 4.69) is 25.5 Å². The molecular formula is C20H18Cl2N6O5. The van der Waals surface area contributed by atoms with Crippen LogP contribution in [0.1, 0.15) is 37.3 Å². The van der Waals surface area contributed by atoms with Crippen molar-refractivity contribution in [3.8, 4) is 17.7 Å². The van der Waals surface area contributed by atoms with Crippen LogP contribution in [0.3, 0.4) is 0 Å². The summed E-state index contributed by atoms with van der Waals surface area (Å²) >= 11 is 12.6. The summed E-state index contributed by atoms with van der Waals surface area (Å²) in [7, 11) is 0. The van der Waals surface area contributed by atoms with Crippen molar-refractivity contribution in [2.75, 3.05) is 12.0 Å². The topological polar surface area (TPSA) is 159 Å². The molecule has 1 heterocycles. The van der Waals surface area contributed by atoms with Crippen LogP contribution in [-0.2, 0) is 16.0 Å². The van der Waals surface area contributed by atoms with Gasteiger partial charge >= 0.3 is 6.09 Å². The number of benzene rings is 1. The van der Waals surface area contributed by atoms with Crippen molar-refractivity contribution >= 4 is 46.6 Å². The maximum Gasteiger partial charge on any atom is 0.414 e. The van der Waals surface area contributed by atoms with Gasteiger partial charge in [-0.2, -0.15) is 10.4 Å². The van der Waals surface area contributed by atoms with Gasteiger partial charge in [0.15, 0.2) is 5.75 Å². The number of nitrogens with one attached hydrogen (secondary N) is 3. The zero-order valence-electron chi connectivity index (χ0n) is 17.5. The number of H-pyrrole nitrogens is 1. The Balaban J connectivity index is 1.79. The Morgan fingerprint density at radius 3 is 2.70 bits per heavy atom. The fraction of sp³-hybridized carbons (Fsp3) is 0.300. The number of ether oxygens (including phenoxy) is 2. The van der Waals surface area contributed by atoms with E-state index in [1.54, 1.807) is 13.0 Å². The molecule has 1 aromatic heterocycles. The fourth-order valence-corrected chi connectivity index (χ4v) is 3.78. The second kappa shape index (κ2) is 10.3. The molecule has 1 atom stereocenters. The highest BCUT2D eigenvalue weighted by Crippen LogP contribution is 2.41. The molecule has 0 fully saturated rings. The molecule has 0 spiro atoms. The van der Waals surface area contributed by atoms with Crippen LogP contribution in [0, 0.1) is 11.3 Å².